The molecule has 6 nitrogen and oxygen atoms in total. The van der Waals surface area contributed by atoms with E-state index in [9.17, 15) is 4.79 Å². The SMILES string of the molecule is CCNC(=NCc1cccc(OC(C)C)c1)NCCCN1CCCCCC1=O.I. The zero-order chi connectivity index (χ0) is 20.2. The lowest BCUT2D eigenvalue weighted by Crippen LogP contribution is -2.39. The molecule has 1 aliphatic rings. The number of guanidine groups is 1. The Labute approximate surface area is 192 Å². The van der Waals surface area contributed by atoms with E-state index < -0.39 is 0 Å². The van der Waals surface area contributed by atoms with Crippen molar-refractivity contribution in [3.8, 4) is 5.75 Å². The first-order valence-electron chi connectivity index (χ1n) is 10.6. The van der Waals surface area contributed by atoms with Crippen LogP contribution in [0.2, 0.25) is 0 Å². The van der Waals surface area contributed by atoms with Gasteiger partial charge >= 0.3 is 0 Å². The molecular weight excluding hydrogens is 479 g/mol. The van der Waals surface area contributed by atoms with E-state index >= 15 is 0 Å². The van der Waals surface area contributed by atoms with Crippen LogP contribution in [0.3, 0.4) is 0 Å². The molecule has 0 aromatic heterocycles. The molecule has 1 aromatic rings. The minimum absolute atomic E-state index is 0. The van der Waals surface area contributed by atoms with Crippen molar-refractivity contribution in [1.29, 1.82) is 0 Å². The molecule has 0 unspecified atom stereocenters. The number of benzene rings is 1. The third kappa shape index (κ3) is 10.2. The largest absolute Gasteiger partial charge is 0.491 e. The van der Waals surface area contributed by atoms with Gasteiger partial charge < -0.3 is 20.3 Å². The minimum atomic E-state index is 0. The van der Waals surface area contributed by atoms with Gasteiger partial charge in [0, 0.05) is 32.6 Å². The van der Waals surface area contributed by atoms with E-state index in [1.54, 1.807) is 0 Å². The fourth-order valence-corrected chi connectivity index (χ4v) is 3.25. The maximum atomic E-state index is 12.1. The molecule has 164 valence electrons. The van der Waals surface area contributed by atoms with Crippen LogP contribution in [0.4, 0.5) is 0 Å². The molecule has 29 heavy (non-hydrogen) atoms. The van der Waals surface area contributed by atoms with Gasteiger partial charge in [0.2, 0.25) is 5.91 Å². The summed E-state index contributed by atoms with van der Waals surface area (Å²) in [5.74, 6) is 1.99. The fraction of sp³-hybridized carbons (Fsp3) is 0.636. The molecule has 0 saturated carbocycles. The van der Waals surface area contributed by atoms with Gasteiger partial charge in [-0.2, -0.15) is 0 Å². The van der Waals surface area contributed by atoms with Crippen LogP contribution >= 0.6 is 24.0 Å². The Morgan fingerprint density at radius 1 is 1.24 bits per heavy atom. The fourth-order valence-electron chi connectivity index (χ4n) is 3.25. The molecule has 7 heteroatoms. The summed E-state index contributed by atoms with van der Waals surface area (Å²) in [5, 5.41) is 6.66. The number of carbonyl (C=O) groups excluding carboxylic acids is 1. The molecule has 1 amide bonds. The molecule has 1 aliphatic heterocycles. The molecule has 2 rings (SSSR count). The highest BCUT2D eigenvalue weighted by Crippen LogP contribution is 2.15. The maximum Gasteiger partial charge on any atom is 0.222 e. The summed E-state index contributed by atoms with van der Waals surface area (Å²) >= 11 is 0. The highest BCUT2D eigenvalue weighted by molar-refractivity contribution is 14.0. The minimum Gasteiger partial charge on any atom is -0.491 e. The van der Waals surface area contributed by atoms with E-state index in [2.05, 4.69) is 28.6 Å². The van der Waals surface area contributed by atoms with Gasteiger partial charge in [0.15, 0.2) is 5.96 Å². The van der Waals surface area contributed by atoms with Crippen LogP contribution in [0.25, 0.3) is 0 Å². The molecule has 1 aromatic carbocycles. The molecule has 2 N–H and O–H groups in total. The normalized spacial score (nSPS) is 15.0. The van der Waals surface area contributed by atoms with Crippen LogP contribution in [-0.4, -0.2) is 49.0 Å². The number of likely N-dealkylation sites (tertiary alicyclic amines) is 1. The predicted molar refractivity (Wildman–Crippen MR) is 130 cm³/mol. The first-order valence-corrected chi connectivity index (χ1v) is 10.6. The van der Waals surface area contributed by atoms with Gasteiger partial charge in [-0.3, -0.25) is 4.79 Å². The Morgan fingerprint density at radius 2 is 2.07 bits per heavy atom. The Morgan fingerprint density at radius 3 is 2.83 bits per heavy atom. The third-order valence-electron chi connectivity index (χ3n) is 4.60. The summed E-state index contributed by atoms with van der Waals surface area (Å²) in [7, 11) is 0. The lowest BCUT2D eigenvalue weighted by molar-refractivity contribution is -0.130. The van der Waals surface area contributed by atoms with Crippen LogP contribution in [0.5, 0.6) is 5.75 Å². The van der Waals surface area contributed by atoms with Crippen molar-refractivity contribution in [2.24, 2.45) is 4.99 Å². The summed E-state index contributed by atoms with van der Waals surface area (Å²) in [6, 6.07) is 8.07. The van der Waals surface area contributed by atoms with Gasteiger partial charge in [-0.15, -0.1) is 24.0 Å². The standard InChI is InChI=1S/C22H36N4O2.HI/c1-4-23-22(24-13-9-15-26-14-7-5-6-12-21(26)27)25-17-19-10-8-11-20(16-19)28-18(2)3;/h8,10-11,16,18H,4-7,9,12-15,17H2,1-3H3,(H2,23,24,25);1H. The molecule has 0 bridgehead atoms. The first kappa shape index (κ1) is 25.5. The van der Waals surface area contributed by atoms with E-state index in [4.69, 9.17) is 4.74 Å². The van der Waals surface area contributed by atoms with E-state index in [-0.39, 0.29) is 30.1 Å². The number of carbonyl (C=O) groups is 1. The lowest BCUT2D eigenvalue weighted by atomic mass is 10.2. The van der Waals surface area contributed by atoms with Crippen LogP contribution in [0.1, 0.15) is 58.4 Å². The Bertz CT molecular complexity index is 637. The molecular formula is C22H37IN4O2. The van der Waals surface area contributed by atoms with Crippen molar-refractivity contribution in [2.75, 3.05) is 26.2 Å². The number of nitrogens with zero attached hydrogens (tertiary/aromatic N) is 2. The second kappa shape index (κ2) is 14.5. The van der Waals surface area contributed by atoms with Crippen molar-refractivity contribution >= 4 is 35.8 Å². The zero-order valence-corrected chi connectivity index (χ0v) is 20.4. The van der Waals surface area contributed by atoms with Crippen molar-refractivity contribution in [1.82, 2.24) is 15.5 Å². The molecule has 1 saturated heterocycles. The number of ether oxygens (including phenoxy) is 1. The average molecular weight is 516 g/mol. The van der Waals surface area contributed by atoms with Crippen LogP contribution < -0.4 is 15.4 Å². The van der Waals surface area contributed by atoms with Gasteiger partial charge in [-0.05, 0) is 57.7 Å². The van der Waals surface area contributed by atoms with E-state index in [0.717, 1.165) is 62.7 Å². The highest BCUT2D eigenvalue weighted by Gasteiger charge is 2.15. The predicted octanol–water partition coefficient (Wildman–Crippen LogP) is 3.94. The number of aliphatic imine (C=N–C) groups is 1. The summed E-state index contributed by atoms with van der Waals surface area (Å²) < 4.78 is 5.75. The first-order chi connectivity index (χ1) is 13.6. The number of rotatable bonds is 9. The quantitative estimate of drug-likeness (QED) is 0.226. The molecule has 1 fully saturated rings. The van der Waals surface area contributed by atoms with Gasteiger partial charge in [-0.25, -0.2) is 4.99 Å². The van der Waals surface area contributed by atoms with Crippen molar-refractivity contribution < 1.29 is 9.53 Å². The topological polar surface area (TPSA) is 66.0 Å². The van der Waals surface area contributed by atoms with Crippen LogP contribution in [-0.2, 0) is 11.3 Å². The van der Waals surface area contributed by atoms with Gasteiger partial charge in [0.05, 0.1) is 12.6 Å². The van der Waals surface area contributed by atoms with Crippen LogP contribution in [0.15, 0.2) is 29.3 Å². The number of hydrogen-bond donors (Lipinski definition) is 2. The smallest absolute Gasteiger partial charge is 0.222 e. The van der Waals surface area contributed by atoms with Gasteiger partial charge in [0.1, 0.15) is 5.75 Å². The molecule has 1 heterocycles. The van der Waals surface area contributed by atoms with Crippen molar-refractivity contribution in [3.63, 3.8) is 0 Å². The van der Waals surface area contributed by atoms with Gasteiger partial charge in [0.25, 0.3) is 0 Å². The second-order valence-electron chi connectivity index (χ2n) is 7.48. The molecule has 0 radical (unpaired) electrons. The van der Waals surface area contributed by atoms with E-state index in [1.165, 1.54) is 6.42 Å². The van der Waals surface area contributed by atoms with Crippen molar-refractivity contribution in [2.45, 2.75) is 65.5 Å². The maximum absolute atomic E-state index is 12.1. The molecule has 0 aliphatic carbocycles. The van der Waals surface area contributed by atoms with Gasteiger partial charge in [-0.1, -0.05) is 18.6 Å². The monoisotopic (exact) mass is 516 g/mol. The summed E-state index contributed by atoms with van der Waals surface area (Å²) in [5.41, 5.74) is 1.12. The lowest BCUT2D eigenvalue weighted by Gasteiger charge is -2.20. The number of nitrogens with one attached hydrogen (secondary N) is 2. The number of amides is 1. The van der Waals surface area contributed by atoms with Crippen molar-refractivity contribution in [3.05, 3.63) is 29.8 Å². The van der Waals surface area contributed by atoms with E-state index in [0.29, 0.717) is 18.9 Å². The number of halogens is 1. The Kier molecular flexibility index (Phi) is 12.7. The Hall–Kier alpha value is -1.51. The highest BCUT2D eigenvalue weighted by atomic mass is 127. The van der Waals surface area contributed by atoms with Crippen LogP contribution in [0, 0.1) is 0 Å². The second-order valence-corrected chi connectivity index (χ2v) is 7.48. The molecule has 0 atom stereocenters. The molecule has 0 spiro atoms. The third-order valence-corrected chi connectivity index (χ3v) is 4.60. The summed E-state index contributed by atoms with van der Waals surface area (Å²) in [6.45, 7) is 10.0. The average Bonchev–Trinajstić information content (AvgIpc) is 2.87. The Balaban J connectivity index is 0.00000420. The summed E-state index contributed by atoms with van der Waals surface area (Å²) in [6.07, 6.45) is 5.12. The zero-order valence-electron chi connectivity index (χ0n) is 18.1. The number of hydrogen-bond acceptors (Lipinski definition) is 3. The van der Waals surface area contributed by atoms with E-state index in [1.807, 2.05) is 36.9 Å². The summed E-state index contributed by atoms with van der Waals surface area (Å²) in [4.78, 5) is 18.7.